The topological polar surface area (TPSA) is 59.5 Å². The second-order valence-electron chi connectivity index (χ2n) is 4.01. The number of halogens is 1. The third kappa shape index (κ3) is 4.98. The minimum absolute atomic E-state index is 0.125. The molecule has 0 spiro atoms. The van der Waals surface area contributed by atoms with Gasteiger partial charge in [0.05, 0.1) is 19.1 Å². The van der Waals surface area contributed by atoms with Crippen LogP contribution in [0.15, 0.2) is 22.9 Å². The number of ether oxygens (including phenoxy) is 1. The van der Waals surface area contributed by atoms with E-state index in [0.29, 0.717) is 18.7 Å². The molecular weight excluding hydrogens is 312 g/mol. The van der Waals surface area contributed by atoms with Crippen molar-refractivity contribution < 1.29 is 14.3 Å². The van der Waals surface area contributed by atoms with Crippen molar-refractivity contribution in [2.45, 2.75) is 19.8 Å². The minimum Gasteiger partial charge on any atom is -0.469 e. The van der Waals surface area contributed by atoms with Crippen LogP contribution in [0.1, 0.15) is 30.1 Å². The van der Waals surface area contributed by atoms with Crippen molar-refractivity contribution in [2.75, 3.05) is 20.2 Å². The molecule has 0 aromatic carbocycles. The summed E-state index contributed by atoms with van der Waals surface area (Å²) in [6, 6.07) is 1.72. The molecule has 0 aliphatic rings. The van der Waals surface area contributed by atoms with Crippen LogP contribution < -0.4 is 0 Å². The molecule has 1 aromatic rings. The summed E-state index contributed by atoms with van der Waals surface area (Å²) in [5.74, 6) is -0.444. The van der Waals surface area contributed by atoms with E-state index in [1.54, 1.807) is 17.2 Å². The molecule has 0 saturated heterocycles. The monoisotopic (exact) mass is 328 g/mol. The Bertz CT molecular complexity index is 451. The molecule has 0 fully saturated rings. The van der Waals surface area contributed by atoms with E-state index in [2.05, 4.69) is 25.7 Å². The summed E-state index contributed by atoms with van der Waals surface area (Å²) in [4.78, 5) is 29.1. The van der Waals surface area contributed by atoms with Gasteiger partial charge in [-0.05, 0) is 28.4 Å². The van der Waals surface area contributed by atoms with Crippen molar-refractivity contribution in [2.24, 2.45) is 0 Å². The van der Waals surface area contributed by atoms with Crippen molar-refractivity contribution in [1.82, 2.24) is 9.88 Å². The number of amides is 1. The standard InChI is InChI=1S/C13H17BrN2O3/c1-3-5-16(6-4-12(17)19-2)13(18)10-7-11(14)9-15-8-10/h7-9H,3-6H2,1-2H3. The molecule has 19 heavy (non-hydrogen) atoms. The molecule has 1 heterocycles. The quantitative estimate of drug-likeness (QED) is 0.751. The zero-order chi connectivity index (χ0) is 14.3. The van der Waals surface area contributed by atoms with Gasteiger partial charge in [0, 0.05) is 30.0 Å². The summed E-state index contributed by atoms with van der Waals surface area (Å²) in [7, 11) is 1.34. The minimum atomic E-state index is -0.318. The first-order chi connectivity index (χ1) is 9.08. The SMILES string of the molecule is CCCN(CCC(=O)OC)C(=O)c1cncc(Br)c1. The van der Waals surface area contributed by atoms with E-state index in [4.69, 9.17) is 0 Å². The molecule has 1 rings (SSSR count). The van der Waals surface area contributed by atoms with Crippen LogP contribution in [-0.2, 0) is 9.53 Å². The molecule has 104 valence electrons. The molecule has 0 aliphatic heterocycles. The van der Waals surface area contributed by atoms with E-state index in [9.17, 15) is 9.59 Å². The lowest BCUT2D eigenvalue weighted by Crippen LogP contribution is -2.34. The normalized spacial score (nSPS) is 10.1. The fourth-order valence-electron chi connectivity index (χ4n) is 1.62. The van der Waals surface area contributed by atoms with Gasteiger partial charge in [-0.15, -0.1) is 0 Å². The lowest BCUT2D eigenvalue weighted by molar-refractivity contribution is -0.140. The first kappa shape index (κ1) is 15.6. The second kappa shape index (κ2) is 7.89. The number of nitrogens with zero attached hydrogens (tertiary/aromatic N) is 2. The molecule has 0 unspecified atom stereocenters. The number of carbonyl (C=O) groups excluding carboxylic acids is 2. The summed E-state index contributed by atoms with van der Waals surface area (Å²) in [5, 5.41) is 0. The van der Waals surface area contributed by atoms with E-state index < -0.39 is 0 Å². The summed E-state index contributed by atoms with van der Waals surface area (Å²) < 4.78 is 5.34. The Labute approximate surface area is 121 Å². The van der Waals surface area contributed by atoms with Crippen LogP contribution in [0.25, 0.3) is 0 Å². The van der Waals surface area contributed by atoms with Gasteiger partial charge in [0.15, 0.2) is 0 Å². The summed E-state index contributed by atoms with van der Waals surface area (Å²) in [6.07, 6.45) is 4.17. The maximum absolute atomic E-state index is 12.3. The highest BCUT2D eigenvalue weighted by molar-refractivity contribution is 9.10. The second-order valence-corrected chi connectivity index (χ2v) is 4.93. The van der Waals surface area contributed by atoms with E-state index in [0.717, 1.165) is 10.9 Å². The predicted octanol–water partition coefficient (Wildman–Crippen LogP) is 2.26. The van der Waals surface area contributed by atoms with Gasteiger partial charge < -0.3 is 9.64 Å². The molecular formula is C13H17BrN2O3. The van der Waals surface area contributed by atoms with Crippen LogP contribution in [-0.4, -0.2) is 42.0 Å². The molecule has 0 aliphatic carbocycles. The first-order valence-electron chi connectivity index (χ1n) is 6.05. The highest BCUT2D eigenvalue weighted by atomic mass is 79.9. The third-order valence-corrected chi connectivity index (χ3v) is 2.98. The first-order valence-corrected chi connectivity index (χ1v) is 6.84. The van der Waals surface area contributed by atoms with Gasteiger partial charge >= 0.3 is 5.97 Å². The smallest absolute Gasteiger partial charge is 0.307 e. The molecule has 0 radical (unpaired) electrons. The van der Waals surface area contributed by atoms with Gasteiger partial charge in [0.2, 0.25) is 0 Å². The van der Waals surface area contributed by atoms with Crippen LogP contribution in [0.3, 0.4) is 0 Å². The number of hydrogen-bond donors (Lipinski definition) is 0. The van der Waals surface area contributed by atoms with Gasteiger partial charge in [0.25, 0.3) is 5.91 Å². The maximum Gasteiger partial charge on any atom is 0.307 e. The average molecular weight is 329 g/mol. The Balaban J connectivity index is 2.74. The average Bonchev–Trinajstić information content (AvgIpc) is 2.42. The van der Waals surface area contributed by atoms with Crippen molar-refractivity contribution in [3.05, 3.63) is 28.5 Å². The lowest BCUT2D eigenvalue weighted by Gasteiger charge is -2.21. The molecule has 1 amide bonds. The number of pyridine rings is 1. The van der Waals surface area contributed by atoms with Crippen LogP contribution >= 0.6 is 15.9 Å². The molecule has 0 N–H and O–H groups in total. The van der Waals surface area contributed by atoms with Crippen LogP contribution in [0.4, 0.5) is 0 Å². The number of hydrogen-bond acceptors (Lipinski definition) is 4. The Hall–Kier alpha value is -1.43. The third-order valence-electron chi connectivity index (χ3n) is 2.55. The van der Waals surface area contributed by atoms with Crippen molar-refractivity contribution >= 4 is 27.8 Å². The number of esters is 1. The summed E-state index contributed by atoms with van der Waals surface area (Å²) in [6.45, 7) is 2.94. The zero-order valence-electron chi connectivity index (χ0n) is 11.1. The number of methoxy groups -OCH3 is 1. The molecule has 5 nitrogen and oxygen atoms in total. The highest BCUT2D eigenvalue weighted by Gasteiger charge is 2.16. The Morgan fingerprint density at radius 3 is 2.68 bits per heavy atom. The van der Waals surface area contributed by atoms with E-state index in [1.807, 2.05) is 6.92 Å². The predicted molar refractivity (Wildman–Crippen MR) is 74.8 cm³/mol. The molecule has 0 saturated carbocycles. The van der Waals surface area contributed by atoms with Crippen molar-refractivity contribution in [1.29, 1.82) is 0 Å². The van der Waals surface area contributed by atoms with Crippen LogP contribution in [0, 0.1) is 0 Å². The van der Waals surface area contributed by atoms with Crippen molar-refractivity contribution in [3.63, 3.8) is 0 Å². The fourth-order valence-corrected chi connectivity index (χ4v) is 1.99. The molecule has 0 atom stereocenters. The van der Waals surface area contributed by atoms with Gasteiger partial charge in [-0.3, -0.25) is 14.6 Å². The van der Waals surface area contributed by atoms with Gasteiger partial charge in [-0.2, -0.15) is 0 Å². The van der Waals surface area contributed by atoms with Gasteiger partial charge in [-0.1, -0.05) is 6.92 Å². The van der Waals surface area contributed by atoms with Crippen LogP contribution in [0.2, 0.25) is 0 Å². The lowest BCUT2D eigenvalue weighted by atomic mass is 10.2. The summed E-state index contributed by atoms with van der Waals surface area (Å²) in [5.41, 5.74) is 0.507. The van der Waals surface area contributed by atoms with Crippen molar-refractivity contribution in [3.8, 4) is 0 Å². The van der Waals surface area contributed by atoms with E-state index in [1.165, 1.54) is 13.3 Å². The highest BCUT2D eigenvalue weighted by Crippen LogP contribution is 2.12. The Morgan fingerprint density at radius 1 is 1.37 bits per heavy atom. The fraction of sp³-hybridized carbons (Fsp3) is 0.462. The summed E-state index contributed by atoms with van der Waals surface area (Å²) >= 11 is 3.28. The molecule has 1 aromatic heterocycles. The Morgan fingerprint density at radius 2 is 2.11 bits per heavy atom. The zero-order valence-corrected chi connectivity index (χ0v) is 12.6. The maximum atomic E-state index is 12.3. The number of rotatable bonds is 6. The molecule has 0 bridgehead atoms. The van der Waals surface area contributed by atoms with E-state index >= 15 is 0 Å². The Kier molecular flexibility index (Phi) is 6.49. The van der Waals surface area contributed by atoms with Gasteiger partial charge in [0.1, 0.15) is 0 Å². The molecule has 6 heteroatoms. The van der Waals surface area contributed by atoms with E-state index in [-0.39, 0.29) is 18.3 Å². The largest absolute Gasteiger partial charge is 0.469 e. The number of aromatic nitrogens is 1. The van der Waals surface area contributed by atoms with Gasteiger partial charge in [-0.25, -0.2) is 0 Å². The number of carbonyl (C=O) groups is 2. The van der Waals surface area contributed by atoms with Crippen LogP contribution in [0.5, 0.6) is 0 Å².